The molecular weight excluding hydrogens is 284 g/mol. The molecule has 8 nitrogen and oxygen atoms in total. The topological polar surface area (TPSA) is 101 Å². The average molecular weight is 306 g/mol. The molecule has 2 fully saturated rings. The first-order chi connectivity index (χ1) is 10.6. The standard InChI is InChI=1S/C14H22N6O2/c15-13-12(20(21)22)9-16-14(17-13)19-8-4-5-11(19)10-18-6-2-1-3-7-18/h9,11H,1-8,10H2,(H2,15,16,17)/t11-/m1/s1. The third-order valence-electron chi connectivity index (χ3n) is 4.53. The maximum absolute atomic E-state index is 10.8. The van der Waals surface area contributed by atoms with Crippen LogP contribution in [0.1, 0.15) is 32.1 Å². The fourth-order valence-electron chi connectivity index (χ4n) is 3.39. The zero-order chi connectivity index (χ0) is 15.5. The van der Waals surface area contributed by atoms with Crippen LogP contribution in [0.5, 0.6) is 0 Å². The van der Waals surface area contributed by atoms with Gasteiger partial charge in [0.15, 0.2) is 0 Å². The molecule has 0 spiro atoms. The largest absolute Gasteiger partial charge is 0.378 e. The van der Waals surface area contributed by atoms with Crippen LogP contribution in [0, 0.1) is 10.1 Å². The molecule has 3 heterocycles. The predicted octanol–water partition coefficient (Wildman–Crippen LogP) is 1.42. The van der Waals surface area contributed by atoms with Crippen molar-refractivity contribution in [2.24, 2.45) is 0 Å². The van der Waals surface area contributed by atoms with Crippen molar-refractivity contribution in [3.63, 3.8) is 0 Å². The van der Waals surface area contributed by atoms with E-state index in [0.29, 0.717) is 12.0 Å². The molecule has 3 rings (SSSR count). The third-order valence-corrected chi connectivity index (χ3v) is 4.53. The first kappa shape index (κ1) is 15.0. The van der Waals surface area contributed by atoms with Crippen LogP contribution in [0.4, 0.5) is 17.5 Å². The lowest BCUT2D eigenvalue weighted by Crippen LogP contribution is -2.43. The predicted molar refractivity (Wildman–Crippen MR) is 83.8 cm³/mol. The molecule has 1 aromatic rings. The molecule has 120 valence electrons. The van der Waals surface area contributed by atoms with E-state index < -0.39 is 4.92 Å². The van der Waals surface area contributed by atoms with Gasteiger partial charge in [-0.3, -0.25) is 10.1 Å². The Balaban J connectivity index is 1.72. The van der Waals surface area contributed by atoms with E-state index in [1.54, 1.807) is 0 Å². The monoisotopic (exact) mass is 306 g/mol. The maximum atomic E-state index is 10.8. The van der Waals surface area contributed by atoms with E-state index in [1.807, 2.05) is 0 Å². The van der Waals surface area contributed by atoms with Crippen LogP contribution in [-0.4, -0.2) is 52.0 Å². The summed E-state index contributed by atoms with van der Waals surface area (Å²) < 4.78 is 0. The Morgan fingerprint density at radius 1 is 1.27 bits per heavy atom. The highest BCUT2D eigenvalue weighted by molar-refractivity contribution is 5.54. The summed E-state index contributed by atoms with van der Waals surface area (Å²) in [7, 11) is 0. The first-order valence-electron chi connectivity index (χ1n) is 7.91. The zero-order valence-corrected chi connectivity index (χ0v) is 12.6. The summed E-state index contributed by atoms with van der Waals surface area (Å²) in [4.78, 5) is 23.2. The molecule has 8 heteroatoms. The number of nitrogens with zero attached hydrogens (tertiary/aromatic N) is 5. The van der Waals surface area contributed by atoms with E-state index in [9.17, 15) is 10.1 Å². The first-order valence-corrected chi connectivity index (χ1v) is 7.91. The second kappa shape index (κ2) is 6.43. The molecule has 1 aromatic heterocycles. The number of aromatic nitrogens is 2. The Bertz CT molecular complexity index is 546. The van der Waals surface area contributed by atoms with Crippen molar-refractivity contribution in [1.82, 2.24) is 14.9 Å². The number of nitrogens with two attached hydrogens (primary N) is 1. The summed E-state index contributed by atoms with van der Waals surface area (Å²) in [6.07, 6.45) is 7.29. The molecule has 1 atom stereocenters. The van der Waals surface area contributed by atoms with Crippen molar-refractivity contribution < 1.29 is 4.92 Å². The third kappa shape index (κ3) is 3.11. The molecule has 0 radical (unpaired) electrons. The summed E-state index contributed by atoms with van der Waals surface area (Å²) in [5, 5.41) is 10.8. The van der Waals surface area contributed by atoms with Crippen LogP contribution in [0.3, 0.4) is 0 Å². The summed E-state index contributed by atoms with van der Waals surface area (Å²) >= 11 is 0. The van der Waals surface area contributed by atoms with E-state index in [-0.39, 0.29) is 11.5 Å². The lowest BCUT2D eigenvalue weighted by Gasteiger charge is -2.32. The highest BCUT2D eigenvalue weighted by Crippen LogP contribution is 2.27. The van der Waals surface area contributed by atoms with Crippen LogP contribution < -0.4 is 10.6 Å². The summed E-state index contributed by atoms with van der Waals surface area (Å²) in [6, 6.07) is 0.374. The van der Waals surface area contributed by atoms with E-state index in [0.717, 1.165) is 39.0 Å². The molecular formula is C14H22N6O2. The van der Waals surface area contributed by atoms with Crippen molar-refractivity contribution in [3.8, 4) is 0 Å². The second-order valence-electron chi connectivity index (χ2n) is 6.05. The van der Waals surface area contributed by atoms with Gasteiger partial charge >= 0.3 is 5.69 Å². The normalized spacial score (nSPS) is 22.9. The SMILES string of the molecule is Nc1nc(N2CCC[C@@H]2CN2CCCCC2)ncc1[N+](=O)[O-]. The van der Waals surface area contributed by atoms with E-state index in [1.165, 1.54) is 25.5 Å². The highest BCUT2D eigenvalue weighted by atomic mass is 16.6. The Labute approximate surface area is 129 Å². The van der Waals surface area contributed by atoms with Gasteiger partial charge in [-0.1, -0.05) is 6.42 Å². The van der Waals surface area contributed by atoms with Crippen LogP contribution in [0.2, 0.25) is 0 Å². The van der Waals surface area contributed by atoms with Crippen LogP contribution in [0.25, 0.3) is 0 Å². The van der Waals surface area contributed by atoms with Gasteiger partial charge < -0.3 is 15.5 Å². The number of piperidine rings is 1. The van der Waals surface area contributed by atoms with Crippen molar-refractivity contribution in [2.75, 3.05) is 36.8 Å². The number of rotatable bonds is 4. The summed E-state index contributed by atoms with van der Waals surface area (Å²) in [5.41, 5.74) is 5.46. The zero-order valence-electron chi connectivity index (χ0n) is 12.6. The molecule has 2 aliphatic heterocycles. The number of nitro groups is 1. The number of hydrogen-bond donors (Lipinski definition) is 1. The minimum absolute atomic E-state index is 0.0568. The Hall–Kier alpha value is -1.96. The number of anilines is 2. The summed E-state index contributed by atoms with van der Waals surface area (Å²) in [6.45, 7) is 4.22. The van der Waals surface area contributed by atoms with Gasteiger partial charge in [0, 0.05) is 19.1 Å². The quantitative estimate of drug-likeness (QED) is 0.663. The highest BCUT2D eigenvalue weighted by Gasteiger charge is 2.29. The molecule has 0 aliphatic carbocycles. The molecule has 0 aromatic carbocycles. The Morgan fingerprint density at radius 3 is 2.73 bits per heavy atom. The average Bonchev–Trinajstić information content (AvgIpc) is 2.96. The van der Waals surface area contributed by atoms with Crippen LogP contribution in [0.15, 0.2) is 6.20 Å². The van der Waals surface area contributed by atoms with Crippen LogP contribution >= 0.6 is 0 Å². The van der Waals surface area contributed by atoms with Gasteiger partial charge in [0.2, 0.25) is 11.8 Å². The summed E-state index contributed by atoms with van der Waals surface area (Å²) in [5.74, 6) is 0.459. The van der Waals surface area contributed by atoms with Gasteiger partial charge in [-0.2, -0.15) is 4.98 Å². The van der Waals surface area contributed by atoms with E-state index in [2.05, 4.69) is 19.8 Å². The molecule has 0 amide bonds. The Kier molecular flexibility index (Phi) is 4.37. The lowest BCUT2D eigenvalue weighted by atomic mass is 10.1. The van der Waals surface area contributed by atoms with Gasteiger partial charge in [-0.25, -0.2) is 4.98 Å². The Morgan fingerprint density at radius 2 is 2.05 bits per heavy atom. The van der Waals surface area contributed by atoms with E-state index in [4.69, 9.17) is 5.73 Å². The van der Waals surface area contributed by atoms with Crippen molar-refractivity contribution >= 4 is 17.5 Å². The van der Waals surface area contributed by atoms with E-state index >= 15 is 0 Å². The van der Waals surface area contributed by atoms with Crippen LogP contribution in [-0.2, 0) is 0 Å². The van der Waals surface area contributed by atoms with Gasteiger partial charge in [-0.15, -0.1) is 0 Å². The fourth-order valence-corrected chi connectivity index (χ4v) is 3.39. The second-order valence-corrected chi connectivity index (χ2v) is 6.05. The number of hydrogen-bond acceptors (Lipinski definition) is 7. The minimum atomic E-state index is -0.547. The van der Waals surface area contributed by atoms with Gasteiger partial charge in [0.05, 0.1) is 4.92 Å². The number of nitrogen functional groups attached to an aromatic ring is 1. The van der Waals surface area contributed by atoms with Crippen molar-refractivity contribution in [3.05, 3.63) is 16.3 Å². The molecule has 2 saturated heterocycles. The van der Waals surface area contributed by atoms with Crippen molar-refractivity contribution in [1.29, 1.82) is 0 Å². The molecule has 0 unspecified atom stereocenters. The molecule has 2 N–H and O–H groups in total. The van der Waals surface area contributed by atoms with Gasteiger partial charge in [-0.05, 0) is 38.8 Å². The number of likely N-dealkylation sites (tertiary alicyclic amines) is 1. The smallest absolute Gasteiger partial charge is 0.329 e. The van der Waals surface area contributed by atoms with Gasteiger partial charge in [0.25, 0.3) is 0 Å². The fraction of sp³-hybridized carbons (Fsp3) is 0.714. The van der Waals surface area contributed by atoms with Gasteiger partial charge in [0.1, 0.15) is 6.20 Å². The van der Waals surface area contributed by atoms with Crippen molar-refractivity contribution in [2.45, 2.75) is 38.1 Å². The molecule has 0 bridgehead atoms. The molecule has 22 heavy (non-hydrogen) atoms. The maximum Gasteiger partial charge on any atom is 0.329 e. The molecule has 0 saturated carbocycles. The lowest BCUT2D eigenvalue weighted by molar-refractivity contribution is -0.384. The molecule has 2 aliphatic rings. The minimum Gasteiger partial charge on any atom is -0.378 e.